The monoisotopic (exact) mass is 497 g/mol. The van der Waals surface area contributed by atoms with Gasteiger partial charge >= 0.3 is 0 Å². The second-order valence-electron chi connectivity index (χ2n) is 8.59. The molecule has 3 aromatic rings. The van der Waals surface area contributed by atoms with Gasteiger partial charge in [0, 0.05) is 49.0 Å². The first-order chi connectivity index (χ1) is 16.2. The van der Waals surface area contributed by atoms with E-state index in [0.29, 0.717) is 49.0 Å². The molecule has 0 saturated carbocycles. The van der Waals surface area contributed by atoms with Gasteiger partial charge in [0.2, 0.25) is 10.0 Å². The van der Waals surface area contributed by atoms with Crippen LogP contribution in [0, 0.1) is 6.92 Å². The molecule has 0 radical (unpaired) electrons. The fourth-order valence-electron chi connectivity index (χ4n) is 4.16. The van der Waals surface area contributed by atoms with Crippen molar-refractivity contribution < 1.29 is 13.2 Å². The first-order valence-corrected chi connectivity index (χ1v) is 13.4. The van der Waals surface area contributed by atoms with Crippen molar-refractivity contribution in [3.8, 4) is 11.1 Å². The lowest BCUT2D eigenvalue weighted by Crippen LogP contribution is -2.47. The Labute approximate surface area is 206 Å². The lowest BCUT2D eigenvalue weighted by molar-refractivity contribution is 0.102. The van der Waals surface area contributed by atoms with E-state index < -0.39 is 10.0 Å². The predicted molar refractivity (Wildman–Crippen MR) is 138 cm³/mol. The molecule has 1 amide bonds. The number of nitrogens with zero attached hydrogens (tertiary/aromatic N) is 2. The van der Waals surface area contributed by atoms with Gasteiger partial charge in [-0.15, -0.1) is 0 Å². The summed E-state index contributed by atoms with van der Waals surface area (Å²) in [7, 11) is -3.15. The maximum Gasteiger partial charge on any atom is 0.255 e. The van der Waals surface area contributed by atoms with Gasteiger partial charge in [0.1, 0.15) is 0 Å². The molecule has 1 saturated heterocycles. The van der Waals surface area contributed by atoms with Crippen molar-refractivity contribution in [2.24, 2.45) is 0 Å². The summed E-state index contributed by atoms with van der Waals surface area (Å²) in [6.45, 7) is 4.89. The van der Waals surface area contributed by atoms with Crippen LogP contribution >= 0.6 is 11.6 Å². The number of aryl methyl sites for hydroxylation is 1. The molecule has 6 nitrogen and oxygen atoms in total. The van der Waals surface area contributed by atoms with Crippen LogP contribution in [-0.4, -0.2) is 56.0 Å². The van der Waals surface area contributed by atoms with Crippen molar-refractivity contribution in [3.05, 3.63) is 88.4 Å². The normalized spacial score (nSPS) is 15.3. The number of amides is 1. The number of carbonyl (C=O) groups excluding carboxylic acids is 1. The molecular formula is C26H28ClN3O3S. The van der Waals surface area contributed by atoms with Crippen LogP contribution in [0.3, 0.4) is 0 Å². The van der Waals surface area contributed by atoms with Gasteiger partial charge in [0.15, 0.2) is 0 Å². The Bertz CT molecular complexity index is 1290. The summed E-state index contributed by atoms with van der Waals surface area (Å²) in [5.41, 5.74) is 5.40. The lowest BCUT2D eigenvalue weighted by Gasteiger charge is -2.33. The van der Waals surface area contributed by atoms with Crippen LogP contribution in [0.25, 0.3) is 11.1 Å². The molecule has 8 heteroatoms. The Hall–Kier alpha value is -2.71. The minimum absolute atomic E-state index is 0.191. The zero-order valence-electron chi connectivity index (χ0n) is 19.3. The highest BCUT2D eigenvalue weighted by molar-refractivity contribution is 7.88. The summed E-state index contributed by atoms with van der Waals surface area (Å²) < 4.78 is 24.9. The van der Waals surface area contributed by atoms with Gasteiger partial charge < -0.3 is 5.32 Å². The van der Waals surface area contributed by atoms with Crippen LogP contribution in [0.5, 0.6) is 0 Å². The Morgan fingerprint density at radius 1 is 0.971 bits per heavy atom. The average Bonchev–Trinajstić information content (AvgIpc) is 2.81. The number of anilines is 1. The molecule has 0 atom stereocenters. The van der Waals surface area contributed by atoms with E-state index in [1.54, 1.807) is 6.07 Å². The second kappa shape index (κ2) is 10.3. The minimum Gasteiger partial charge on any atom is -0.322 e. The van der Waals surface area contributed by atoms with Crippen LogP contribution in [0.4, 0.5) is 5.69 Å². The molecule has 1 aliphatic heterocycles. The van der Waals surface area contributed by atoms with Gasteiger partial charge in [0.25, 0.3) is 5.91 Å². The molecule has 0 unspecified atom stereocenters. The van der Waals surface area contributed by atoms with Crippen molar-refractivity contribution in [3.63, 3.8) is 0 Å². The first-order valence-electron chi connectivity index (χ1n) is 11.1. The third-order valence-electron chi connectivity index (χ3n) is 6.08. The smallest absolute Gasteiger partial charge is 0.255 e. The van der Waals surface area contributed by atoms with E-state index in [0.717, 1.165) is 22.3 Å². The molecule has 0 spiro atoms. The largest absolute Gasteiger partial charge is 0.322 e. The Kier molecular flexibility index (Phi) is 7.38. The number of carbonyl (C=O) groups is 1. The van der Waals surface area contributed by atoms with Crippen LogP contribution in [0.1, 0.15) is 21.5 Å². The summed E-state index contributed by atoms with van der Waals surface area (Å²) in [4.78, 5) is 15.0. The fourth-order valence-corrected chi connectivity index (χ4v) is 5.23. The summed E-state index contributed by atoms with van der Waals surface area (Å²) >= 11 is 6.51. The van der Waals surface area contributed by atoms with E-state index in [1.807, 2.05) is 55.5 Å². The van der Waals surface area contributed by atoms with Crippen LogP contribution in [-0.2, 0) is 16.6 Å². The van der Waals surface area contributed by atoms with Gasteiger partial charge in [0.05, 0.1) is 6.26 Å². The summed E-state index contributed by atoms with van der Waals surface area (Å²) in [5, 5.41) is 3.50. The highest BCUT2D eigenvalue weighted by atomic mass is 35.5. The number of piperazine rings is 1. The Morgan fingerprint density at radius 3 is 2.29 bits per heavy atom. The van der Waals surface area contributed by atoms with E-state index in [9.17, 15) is 13.2 Å². The molecular weight excluding hydrogens is 470 g/mol. The van der Waals surface area contributed by atoms with Crippen molar-refractivity contribution in [2.45, 2.75) is 13.5 Å². The number of nitrogens with one attached hydrogen (secondary N) is 1. The summed E-state index contributed by atoms with van der Waals surface area (Å²) in [6, 6.07) is 21.3. The third-order valence-corrected chi connectivity index (χ3v) is 7.73. The van der Waals surface area contributed by atoms with Gasteiger partial charge in [-0.25, -0.2) is 8.42 Å². The van der Waals surface area contributed by atoms with Gasteiger partial charge in [-0.1, -0.05) is 54.1 Å². The number of halogens is 1. The Morgan fingerprint density at radius 2 is 1.68 bits per heavy atom. The number of hydrogen-bond donors (Lipinski definition) is 1. The third kappa shape index (κ3) is 5.85. The van der Waals surface area contributed by atoms with Gasteiger partial charge in [-0.3, -0.25) is 9.69 Å². The minimum atomic E-state index is -3.15. The van der Waals surface area contributed by atoms with Gasteiger partial charge in [-0.2, -0.15) is 4.31 Å². The van der Waals surface area contributed by atoms with E-state index >= 15 is 0 Å². The quantitative estimate of drug-likeness (QED) is 0.538. The lowest BCUT2D eigenvalue weighted by atomic mass is 9.98. The zero-order chi connectivity index (χ0) is 24.3. The van der Waals surface area contributed by atoms with Crippen LogP contribution in [0.15, 0.2) is 66.7 Å². The molecule has 0 aromatic heterocycles. The predicted octanol–water partition coefficient (Wildman–Crippen LogP) is 4.64. The number of benzene rings is 3. The van der Waals surface area contributed by atoms with E-state index in [2.05, 4.69) is 22.3 Å². The zero-order valence-corrected chi connectivity index (χ0v) is 20.9. The summed E-state index contributed by atoms with van der Waals surface area (Å²) in [6.07, 6.45) is 1.24. The van der Waals surface area contributed by atoms with Crippen molar-refractivity contribution in [2.75, 3.05) is 37.8 Å². The molecule has 3 aromatic carbocycles. The molecule has 1 heterocycles. The van der Waals surface area contributed by atoms with Crippen LogP contribution < -0.4 is 5.32 Å². The molecule has 178 valence electrons. The highest BCUT2D eigenvalue weighted by Crippen LogP contribution is 2.26. The number of sulfonamides is 1. The fraction of sp³-hybridized carbons (Fsp3) is 0.269. The Balaban J connectivity index is 1.39. The average molecular weight is 498 g/mol. The van der Waals surface area contributed by atoms with Crippen molar-refractivity contribution >= 4 is 33.2 Å². The molecule has 0 aliphatic carbocycles. The molecule has 1 N–H and O–H groups in total. The molecule has 1 fully saturated rings. The van der Waals surface area contributed by atoms with E-state index in [-0.39, 0.29) is 5.91 Å². The maximum atomic E-state index is 12.8. The molecule has 0 bridgehead atoms. The topological polar surface area (TPSA) is 69.7 Å². The standard InChI is InChI=1S/C26H28ClN3O3S/c1-19-16-21(9-11-24(19)20-6-4-3-5-7-20)26(31)28-23-10-8-22(25(27)17-23)18-29-12-14-30(15-13-29)34(2,32)33/h3-11,16-17H,12-15,18H2,1-2H3,(H,28,31). The highest BCUT2D eigenvalue weighted by Gasteiger charge is 2.23. The van der Waals surface area contributed by atoms with Crippen molar-refractivity contribution in [1.29, 1.82) is 0 Å². The molecule has 34 heavy (non-hydrogen) atoms. The van der Waals surface area contributed by atoms with E-state index in [4.69, 9.17) is 11.6 Å². The SMILES string of the molecule is Cc1cc(C(=O)Nc2ccc(CN3CCN(S(C)(=O)=O)CC3)c(Cl)c2)ccc1-c1ccccc1. The molecule has 1 aliphatic rings. The number of rotatable bonds is 6. The first kappa shape index (κ1) is 24.4. The second-order valence-corrected chi connectivity index (χ2v) is 11.0. The molecule has 4 rings (SSSR count). The maximum absolute atomic E-state index is 12.8. The van der Waals surface area contributed by atoms with Crippen LogP contribution in [0.2, 0.25) is 5.02 Å². The van der Waals surface area contributed by atoms with Crippen molar-refractivity contribution in [1.82, 2.24) is 9.21 Å². The van der Waals surface area contributed by atoms with Gasteiger partial charge in [-0.05, 0) is 53.4 Å². The van der Waals surface area contributed by atoms with E-state index in [1.165, 1.54) is 10.6 Å². The number of hydrogen-bond acceptors (Lipinski definition) is 4. The summed E-state index contributed by atoms with van der Waals surface area (Å²) in [5.74, 6) is -0.191.